The molecule has 144 valence electrons. The molecule has 2 aliphatic heterocycles. The topological polar surface area (TPSA) is 61.5 Å². The molecule has 2 aromatic rings. The number of carbonyl (C=O) groups is 1. The Labute approximate surface area is 160 Å². The standard InChI is InChI=1S/C21H28N4O2/c1-2-3-9-19-22-13-18(23-19)14-24-10-11-25-20(26)27-16-21(25,15-24)12-17-7-5-4-6-8-17/h4-8,13H,2-3,9-12,14-16H2,1H3,(H,22,23). The number of aryl methyl sites for hydroxylation is 1. The van der Waals surface area contributed by atoms with E-state index < -0.39 is 0 Å². The van der Waals surface area contributed by atoms with E-state index in [4.69, 9.17) is 4.74 Å². The highest BCUT2D eigenvalue weighted by Gasteiger charge is 2.50. The summed E-state index contributed by atoms with van der Waals surface area (Å²) in [5, 5.41) is 0. The molecule has 1 aromatic heterocycles. The molecule has 3 heterocycles. The number of cyclic esters (lactones) is 1. The van der Waals surface area contributed by atoms with Crippen molar-refractivity contribution in [2.45, 2.75) is 44.7 Å². The Morgan fingerprint density at radius 2 is 2.11 bits per heavy atom. The number of amides is 1. The Balaban J connectivity index is 1.47. The second kappa shape index (κ2) is 7.72. The fourth-order valence-corrected chi connectivity index (χ4v) is 4.25. The quantitative estimate of drug-likeness (QED) is 0.816. The summed E-state index contributed by atoms with van der Waals surface area (Å²) in [6, 6.07) is 10.4. The van der Waals surface area contributed by atoms with E-state index in [1.807, 2.05) is 17.2 Å². The third-order valence-electron chi connectivity index (χ3n) is 5.63. The van der Waals surface area contributed by atoms with Crippen LogP contribution in [0.25, 0.3) is 0 Å². The second-order valence-electron chi connectivity index (χ2n) is 7.76. The molecule has 1 N–H and O–H groups in total. The fourth-order valence-electron chi connectivity index (χ4n) is 4.25. The highest BCUT2D eigenvalue weighted by atomic mass is 16.6. The number of aromatic amines is 1. The average Bonchev–Trinajstić information content (AvgIpc) is 3.25. The van der Waals surface area contributed by atoms with Crippen LogP contribution >= 0.6 is 0 Å². The van der Waals surface area contributed by atoms with Crippen molar-refractivity contribution in [1.82, 2.24) is 19.8 Å². The number of benzene rings is 1. The van der Waals surface area contributed by atoms with Crippen molar-refractivity contribution in [3.05, 3.63) is 53.6 Å². The molecule has 0 spiro atoms. The van der Waals surface area contributed by atoms with Crippen molar-refractivity contribution in [2.75, 3.05) is 26.2 Å². The fraction of sp³-hybridized carbons (Fsp3) is 0.524. The molecule has 0 bridgehead atoms. The molecule has 1 atom stereocenters. The Kier molecular flexibility index (Phi) is 5.16. The number of aromatic nitrogens is 2. The van der Waals surface area contributed by atoms with Crippen LogP contribution in [0.1, 0.15) is 36.8 Å². The summed E-state index contributed by atoms with van der Waals surface area (Å²) in [6.07, 6.45) is 5.94. The van der Waals surface area contributed by atoms with E-state index in [0.29, 0.717) is 13.2 Å². The van der Waals surface area contributed by atoms with Crippen molar-refractivity contribution in [3.8, 4) is 0 Å². The van der Waals surface area contributed by atoms with E-state index in [1.54, 1.807) is 0 Å². The van der Waals surface area contributed by atoms with E-state index in [1.165, 1.54) is 12.0 Å². The number of imidazole rings is 1. The normalized spacial score (nSPS) is 22.7. The molecule has 27 heavy (non-hydrogen) atoms. The number of fused-ring (bicyclic) bond motifs is 1. The van der Waals surface area contributed by atoms with Crippen LogP contribution < -0.4 is 0 Å². The summed E-state index contributed by atoms with van der Waals surface area (Å²) in [6.45, 7) is 5.87. The van der Waals surface area contributed by atoms with Gasteiger partial charge in [0.1, 0.15) is 12.4 Å². The van der Waals surface area contributed by atoms with Gasteiger partial charge in [-0.25, -0.2) is 9.78 Å². The van der Waals surface area contributed by atoms with E-state index in [-0.39, 0.29) is 11.6 Å². The van der Waals surface area contributed by atoms with E-state index in [9.17, 15) is 4.79 Å². The average molecular weight is 368 g/mol. The zero-order chi connectivity index (χ0) is 18.7. The first kappa shape index (κ1) is 18.0. The molecule has 2 fully saturated rings. The van der Waals surface area contributed by atoms with Gasteiger partial charge in [-0.2, -0.15) is 0 Å². The van der Waals surface area contributed by atoms with E-state index in [2.05, 4.69) is 46.1 Å². The van der Waals surface area contributed by atoms with Crippen molar-refractivity contribution >= 4 is 6.09 Å². The van der Waals surface area contributed by atoms with Crippen LogP contribution in [-0.2, 0) is 24.1 Å². The van der Waals surface area contributed by atoms with E-state index >= 15 is 0 Å². The van der Waals surface area contributed by atoms with Crippen LogP contribution in [0.3, 0.4) is 0 Å². The third kappa shape index (κ3) is 3.86. The van der Waals surface area contributed by atoms with Crippen molar-refractivity contribution in [3.63, 3.8) is 0 Å². The van der Waals surface area contributed by atoms with Crippen molar-refractivity contribution < 1.29 is 9.53 Å². The monoisotopic (exact) mass is 368 g/mol. The number of hydrogen-bond acceptors (Lipinski definition) is 4. The minimum Gasteiger partial charge on any atom is -0.447 e. The lowest BCUT2D eigenvalue weighted by molar-refractivity contribution is 0.0471. The maximum Gasteiger partial charge on any atom is 0.410 e. The number of ether oxygens (including phenoxy) is 1. The third-order valence-corrected chi connectivity index (χ3v) is 5.63. The van der Waals surface area contributed by atoms with Crippen molar-refractivity contribution in [1.29, 1.82) is 0 Å². The number of unbranched alkanes of at least 4 members (excludes halogenated alkanes) is 1. The number of hydrogen-bond donors (Lipinski definition) is 1. The van der Waals surface area contributed by atoms with Gasteiger partial charge >= 0.3 is 6.09 Å². The van der Waals surface area contributed by atoms with Gasteiger partial charge in [-0.3, -0.25) is 9.80 Å². The van der Waals surface area contributed by atoms with Crippen LogP contribution in [0.2, 0.25) is 0 Å². The first-order chi connectivity index (χ1) is 13.2. The highest BCUT2D eigenvalue weighted by molar-refractivity contribution is 5.71. The molecule has 1 amide bonds. The van der Waals surface area contributed by atoms with E-state index in [0.717, 1.165) is 50.4 Å². The molecular formula is C21H28N4O2. The molecular weight excluding hydrogens is 340 g/mol. The lowest BCUT2D eigenvalue weighted by Gasteiger charge is -2.44. The van der Waals surface area contributed by atoms with Crippen molar-refractivity contribution in [2.24, 2.45) is 0 Å². The maximum atomic E-state index is 12.2. The van der Waals surface area contributed by atoms with Crippen LogP contribution in [0.5, 0.6) is 0 Å². The number of H-pyrrole nitrogens is 1. The van der Waals surface area contributed by atoms with Crippen LogP contribution in [0, 0.1) is 0 Å². The van der Waals surface area contributed by atoms with Gasteiger partial charge in [0.15, 0.2) is 0 Å². The van der Waals surface area contributed by atoms with Gasteiger partial charge < -0.3 is 9.72 Å². The van der Waals surface area contributed by atoms with Crippen LogP contribution in [0.4, 0.5) is 4.79 Å². The molecule has 0 radical (unpaired) electrons. The zero-order valence-electron chi connectivity index (χ0n) is 16.0. The molecule has 2 aliphatic rings. The van der Waals surface area contributed by atoms with Gasteiger partial charge in [-0.05, 0) is 12.0 Å². The van der Waals surface area contributed by atoms with Gasteiger partial charge in [0.2, 0.25) is 0 Å². The molecule has 1 aromatic carbocycles. The summed E-state index contributed by atoms with van der Waals surface area (Å²) in [5.74, 6) is 1.07. The van der Waals surface area contributed by atoms with Crippen LogP contribution in [0.15, 0.2) is 36.5 Å². The Hall–Kier alpha value is -2.34. The minimum atomic E-state index is -0.276. The predicted molar refractivity (Wildman–Crippen MR) is 103 cm³/mol. The summed E-state index contributed by atoms with van der Waals surface area (Å²) in [5.41, 5.74) is 2.11. The van der Waals surface area contributed by atoms with Gasteiger partial charge in [0, 0.05) is 50.9 Å². The minimum absolute atomic E-state index is 0.172. The number of nitrogens with zero attached hydrogens (tertiary/aromatic N) is 3. The molecule has 4 rings (SSSR count). The number of carbonyl (C=O) groups excluding carboxylic acids is 1. The Morgan fingerprint density at radius 3 is 2.93 bits per heavy atom. The molecule has 0 saturated carbocycles. The maximum absolute atomic E-state index is 12.2. The van der Waals surface area contributed by atoms with Gasteiger partial charge in [-0.15, -0.1) is 0 Å². The first-order valence-electron chi connectivity index (χ1n) is 9.92. The summed E-state index contributed by atoms with van der Waals surface area (Å²) >= 11 is 0. The highest BCUT2D eigenvalue weighted by Crippen LogP contribution is 2.32. The van der Waals surface area contributed by atoms with Crippen LogP contribution in [-0.4, -0.2) is 57.6 Å². The molecule has 2 saturated heterocycles. The molecule has 1 unspecified atom stereocenters. The number of nitrogens with one attached hydrogen (secondary N) is 1. The molecule has 0 aliphatic carbocycles. The van der Waals surface area contributed by atoms with Gasteiger partial charge in [0.05, 0.1) is 5.54 Å². The second-order valence-corrected chi connectivity index (χ2v) is 7.76. The van der Waals surface area contributed by atoms with Gasteiger partial charge in [-0.1, -0.05) is 43.7 Å². The molecule has 6 nitrogen and oxygen atoms in total. The Bertz CT molecular complexity index is 775. The lowest BCUT2D eigenvalue weighted by atomic mass is 9.88. The zero-order valence-corrected chi connectivity index (χ0v) is 16.0. The Morgan fingerprint density at radius 1 is 1.26 bits per heavy atom. The SMILES string of the molecule is CCCCc1ncc(CN2CCN3C(=O)OCC3(Cc3ccccc3)C2)[nH]1. The summed E-state index contributed by atoms with van der Waals surface area (Å²) in [7, 11) is 0. The lowest BCUT2D eigenvalue weighted by Crippen LogP contribution is -2.62. The largest absolute Gasteiger partial charge is 0.447 e. The van der Waals surface area contributed by atoms with Gasteiger partial charge in [0.25, 0.3) is 0 Å². The smallest absolute Gasteiger partial charge is 0.410 e. The number of rotatable bonds is 7. The predicted octanol–water partition coefficient (Wildman–Crippen LogP) is 3.00. The summed E-state index contributed by atoms with van der Waals surface area (Å²) in [4.78, 5) is 24.6. The number of piperazine rings is 1. The first-order valence-corrected chi connectivity index (χ1v) is 9.92. The summed E-state index contributed by atoms with van der Waals surface area (Å²) < 4.78 is 5.46. The molecule has 6 heteroatoms.